The number of aliphatic hydroxyl groups excluding tert-OH is 1. The molecule has 4 nitrogen and oxygen atoms in total. The monoisotopic (exact) mass is 387 g/mol. The van der Waals surface area contributed by atoms with Crippen LogP contribution in [0.5, 0.6) is 0 Å². The molecule has 3 aromatic carbocycles. The van der Waals surface area contributed by atoms with Crippen molar-refractivity contribution in [2.75, 3.05) is 0 Å². The lowest BCUT2D eigenvalue weighted by atomic mass is 9.95. The normalized spacial score (nSPS) is 18.2. The van der Waals surface area contributed by atoms with Gasteiger partial charge >= 0.3 is 0 Å². The van der Waals surface area contributed by atoms with E-state index in [-0.39, 0.29) is 17.9 Å². The number of benzene rings is 3. The zero-order valence-corrected chi connectivity index (χ0v) is 15.5. The van der Waals surface area contributed by atoms with Crippen LogP contribution < -0.4 is 0 Å². The van der Waals surface area contributed by atoms with Crippen LogP contribution in [0.3, 0.4) is 0 Å². The smallest absolute Gasteiger partial charge is 0.295 e. The lowest BCUT2D eigenvalue weighted by Crippen LogP contribution is -2.29. The molecule has 1 saturated heterocycles. The molecule has 4 rings (SSSR count). The zero-order chi connectivity index (χ0) is 20.4. The van der Waals surface area contributed by atoms with Crippen molar-refractivity contribution >= 4 is 17.4 Å². The molecule has 3 aromatic rings. The number of hydrogen-bond acceptors (Lipinski definition) is 3. The first-order chi connectivity index (χ1) is 14.1. The molecule has 1 atom stereocenters. The Morgan fingerprint density at radius 1 is 0.897 bits per heavy atom. The average molecular weight is 387 g/mol. The summed E-state index contributed by atoms with van der Waals surface area (Å²) in [6.07, 6.45) is 0. The third-order valence-corrected chi connectivity index (χ3v) is 4.95. The van der Waals surface area contributed by atoms with Gasteiger partial charge in [-0.15, -0.1) is 0 Å². The number of rotatable bonds is 4. The van der Waals surface area contributed by atoms with Crippen molar-refractivity contribution in [2.45, 2.75) is 12.6 Å². The molecule has 1 heterocycles. The fourth-order valence-electron chi connectivity index (χ4n) is 3.60. The van der Waals surface area contributed by atoms with E-state index in [1.54, 1.807) is 36.4 Å². The molecule has 5 heteroatoms. The lowest BCUT2D eigenvalue weighted by molar-refractivity contribution is -0.140. The van der Waals surface area contributed by atoms with E-state index in [0.717, 1.165) is 5.56 Å². The van der Waals surface area contributed by atoms with Crippen LogP contribution >= 0.6 is 0 Å². The second-order valence-corrected chi connectivity index (χ2v) is 6.83. The van der Waals surface area contributed by atoms with E-state index < -0.39 is 23.5 Å². The molecule has 1 unspecified atom stereocenters. The van der Waals surface area contributed by atoms with Gasteiger partial charge in [-0.3, -0.25) is 9.59 Å². The van der Waals surface area contributed by atoms with Gasteiger partial charge in [0.15, 0.2) is 0 Å². The molecule has 0 radical (unpaired) electrons. The SMILES string of the molecule is O=C1C(=O)N(Cc2ccccc2)C(c2cccc(F)c2)C1=C(O)c1ccccc1. The summed E-state index contributed by atoms with van der Waals surface area (Å²) in [5.41, 5.74) is 1.64. The summed E-state index contributed by atoms with van der Waals surface area (Å²) in [5.74, 6) is -2.25. The fourth-order valence-corrected chi connectivity index (χ4v) is 3.60. The maximum Gasteiger partial charge on any atom is 0.295 e. The Labute approximate surface area is 167 Å². The molecule has 1 aliphatic heterocycles. The predicted octanol–water partition coefficient (Wildman–Crippen LogP) is 4.45. The van der Waals surface area contributed by atoms with Gasteiger partial charge in [-0.05, 0) is 23.3 Å². The number of hydrogen-bond donors (Lipinski definition) is 1. The first-order valence-electron chi connectivity index (χ1n) is 9.19. The summed E-state index contributed by atoms with van der Waals surface area (Å²) in [7, 11) is 0. The number of likely N-dealkylation sites (tertiary alicyclic amines) is 1. The van der Waals surface area contributed by atoms with Crippen molar-refractivity contribution in [3.63, 3.8) is 0 Å². The van der Waals surface area contributed by atoms with Crippen molar-refractivity contribution in [1.29, 1.82) is 0 Å². The number of amides is 1. The zero-order valence-electron chi connectivity index (χ0n) is 15.5. The van der Waals surface area contributed by atoms with Gasteiger partial charge in [0.2, 0.25) is 0 Å². The summed E-state index contributed by atoms with van der Waals surface area (Å²) in [4.78, 5) is 27.1. The summed E-state index contributed by atoms with van der Waals surface area (Å²) in [6, 6.07) is 22.7. The number of ketones is 1. The molecule has 1 amide bonds. The molecule has 1 N–H and O–H groups in total. The molecule has 1 aliphatic rings. The highest BCUT2D eigenvalue weighted by molar-refractivity contribution is 6.46. The minimum absolute atomic E-state index is 0.0391. The van der Waals surface area contributed by atoms with Gasteiger partial charge < -0.3 is 10.0 Å². The Morgan fingerprint density at radius 2 is 1.55 bits per heavy atom. The molecule has 0 aliphatic carbocycles. The minimum atomic E-state index is -0.883. The Kier molecular flexibility index (Phi) is 4.96. The van der Waals surface area contributed by atoms with Crippen LogP contribution in [0.2, 0.25) is 0 Å². The van der Waals surface area contributed by atoms with Crippen molar-refractivity contribution in [2.24, 2.45) is 0 Å². The van der Waals surface area contributed by atoms with Gasteiger partial charge in [-0.2, -0.15) is 0 Å². The van der Waals surface area contributed by atoms with Crippen LogP contribution in [-0.4, -0.2) is 21.7 Å². The number of halogens is 1. The van der Waals surface area contributed by atoms with E-state index in [1.165, 1.54) is 23.1 Å². The van der Waals surface area contributed by atoms with Crippen LogP contribution in [-0.2, 0) is 16.1 Å². The highest BCUT2D eigenvalue weighted by Crippen LogP contribution is 2.40. The molecule has 0 aromatic heterocycles. The number of aliphatic hydroxyl groups is 1. The topological polar surface area (TPSA) is 57.6 Å². The Morgan fingerprint density at radius 3 is 2.21 bits per heavy atom. The molecular weight excluding hydrogens is 369 g/mol. The standard InChI is InChI=1S/C24H18FNO3/c25-19-13-7-12-18(14-19)21-20(22(27)17-10-5-2-6-11-17)23(28)24(29)26(21)15-16-8-3-1-4-9-16/h1-14,21,27H,15H2. The first kappa shape index (κ1) is 18.6. The highest BCUT2D eigenvalue weighted by Gasteiger charge is 2.46. The summed E-state index contributed by atoms with van der Waals surface area (Å²) in [6.45, 7) is 0.165. The highest BCUT2D eigenvalue weighted by atomic mass is 19.1. The molecule has 0 bridgehead atoms. The third-order valence-electron chi connectivity index (χ3n) is 4.95. The van der Waals surface area contributed by atoms with Crippen LogP contribution in [0.25, 0.3) is 5.76 Å². The second kappa shape index (κ2) is 7.72. The van der Waals surface area contributed by atoms with E-state index in [1.807, 2.05) is 30.3 Å². The van der Waals surface area contributed by atoms with Gasteiger partial charge in [0.05, 0.1) is 11.6 Å². The van der Waals surface area contributed by atoms with E-state index in [0.29, 0.717) is 11.1 Å². The molecule has 0 spiro atoms. The Hall–Kier alpha value is -3.73. The Bertz CT molecular complexity index is 1090. The lowest BCUT2D eigenvalue weighted by Gasteiger charge is -2.25. The first-order valence-corrected chi connectivity index (χ1v) is 9.19. The van der Waals surface area contributed by atoms with E-state index >= 15 is 0 Å². The van der Waals surface area contributed by atoms with Crippen LogP contribution in [0, 0.1) is 5.82 Å². The van der Waals surface area contributed by atoms with E-state index in [4.69, 9.17) is 0 Å². The fraction of sp³-hybridized carbons (Fsp3) is 0.0833. The number of carbonyl (C=O) groups excluding carboxylic acids is 2. The van der Waals surface area contributed by atoms with Crippen LogP contribution in [0.1, 0.15) is 22.7 Å². The van der Waals surface area contributed by atoms with Gasteiger partial charge in [0.25, 0.3) is 11.7 Å². The van der Waals surface area contributed by atoms with E-state index in [2.05, 4.69) is 0 Å². The maximum atomic E-state index is 14.0. The van der Waals surface area contributed by atoms with Crippen LogP contribution in [0.15, 0.2) is 90.5 Å². The molecule has 1 fully saturated rings. The van der Waals surface area contributed by atoms with E-state index in [9.17, 15) is 19.1 Å². The predicted molar refractivity (Wildman–Crippen MR) is 107 cm³/mol. The van der Waals surface area contributed by atoms with Gasteiger partial charge in [-0.25, -0.2) is 4.39 Å². The number of Topliss-reactive ketones (excluding diaryl/α,β-unsaturated/α-hetero) is 1. The van der Waals surface area contributed by atoms with Crippen molar-refractivity contribution in [1.82, 2.24) is 4.90 Å². The second-order valence-electron chi connectivity index (χ2n) is 6.83. The molecule has 29 heavy (non-hydrogen) atoms. The van der Waals surface area contributed by atoms with Gasteiger partial charge in [0, 0.05) is 12.1 Å². The summed E-state index contributed by atoms with van der Waals surface area (Å²) < 4.78 is 14.0. The molecular formula is C24H18FNO3. The number of carbonyl (C=O) groups is 2. The molecule has 0 saturated carbocycles. The minimum Gasteiger partial charge on any atom is -0.507 e. The maximum absolute atomic E-state index is 14.0. The quantitative estimate of drug-likeness (QED) is 0.409. The van der Waals surface area contributed by atoms with Crippen molar-refractivity contribution < 1.29 is 19.1 Å². The van der Waals surface area contributed by atoms with Crippen molar-refractivity contribution in [3.8, 4) is 0 Å². The third kappa shape index (κ3) is 3.55. The number of nitrogens with zero attached hydrogens (tertiary/aromatic N) is 1. The van der Waals surface area contributed by atoms with Gasteiger partial charge in [0.1, 0.15) is 11.6 Å². The molecule has 144 valence electrons. The van der Waals surface area contributed by atoms with Crippen molar-refractivity contribution in [3.05, 3.63) is 113 Å². The summed E-state index contributed by atoms with van der Waals surface area (Å²) >= 11 is 0. The average Bonchev–Trinajstić information content (AvgIpc) is 2.99. The largest absolute Gasteiger partial charge is 0.507 e. The van der Waals surface area contributed by atoms with Crippen LogP contribution in [0.4, 0.5) is 4.39 Å². The Balaban J connectivity index is 1.87. The summed E-state index contributed by atoms with van der Waals surface area (Å²) in [5, 5.41) is 10.9. The van der Waals surface area contributed by atoms with Gasteiger partial charge in [-0.1, -0.05) is 72.8 Å².